The zero-order valence-corrected chi connectivity index (χ0v) is 12.1. The van der Waals surface area contributed by atoms with E-state index in [9.17, 15) is 8.42 Å². The first-order valence-electron chi connectivity index (χ1n) is 6.35. The van der Waals surface area contributed by atoms with Crippen LogP contribution in [0, 0.1) is 6.92 Å². The number of rotatable bonds is 3. The Morgan fingerprint density at radius 1 is 1.32 bits per heavy atom. The van der Waals surface area contributed by atoms with Crippen LogP contribution in [0.4, 0.5) is 0 Å². The van der Waals surface area contributed by atoms with Crippen LogP contribution in [0.5, 0.6) is 0 Å². The molecular formula is C14H19NO3S. The quantitative estimate of drug-likeness (QED) is 0.800. The maximum absolute atomic E-state index is 12.6. The largest absolute Gasteiger partial charge is 0.280 e. The van der Waals surface area contributed by atoms with Crippen molar-refractivity contribution in [3.05, 3.63) is 42.5 Å². The van der Waals surface area contributed by atoms with Crippen molar-refractivity contribution in [2.75, 3.05) is 0 Å². The molecule has 104 valence electrons. The molecule has 0 bridgehead atoms. The van der Waals surface area contributed by atoms with Crippen molar-refractivity contribution in [1.82, 2.24) is 4.47 Å². The number of hydrogen-bond donors (Lipinski definition) is 0. The maximum atomic E-state index is 12.6. The van der Waals surface area contributed by atoms with Crippen LogP contribution in [0.1, 0.15) is 25.3 Å². The number of sulfonamides is 1. The molecule has 1 saturated heterocycles. The Morgan fingerprint density at radius 3 is 2.53 bits per heavy atom. The molecule has 4 nitrogen and oxygen atoms in total. The molecule has 0 spiro atoms. The Labute approximate surface area is 114 Å². The highest BCUT2D eigenvalue weighted by Gasteiger charge is 2.35. The van der Waals surface area contributed by atoms with Gasteiger partial charge >= 0.3 is 0 Å². The minimum atomic E-state index is -3.63. The molecule has 0 saturated carbocycles. The first-order chi connectivity index (χ1) is 8.95. The third-order valence-electron chi connectivity index (χ3n) is 3.25. The fraction of sp³-hybridized carbons (Fsp3) is 0.429. The van der Waals surface area contributed by atoms with Gasteiger partial charge in [-0.1, -0.05) is 28.2 Å². The third-order valence-corrected chi connectivity index (χ3v) is 4.95. The predicted molar refractivity (Wildman–Crippen MR) is 74.0 cm³/mol. The first-order valence-corrected chi connectivity index (χ1v) is 7.79. The summed E-state index contributed by atoms with van der Waals surface area (Å²) in [7, 11) is -3.63. The molecule has 2 atom stereocenters. The van der Waals surface area contributed by atoms with Crippen molar-refractivity contribution in [3.63, 3.8) is 0 Å². The minimum Gasteiger partial charge on any atom is -0.280 e. The average Bonchev–Trinajstić information content (AvgIpc) is 2.39. The Morgan fingerprint density at radius 2 is 1.95 bits per heavy atom. The van der Waals surface area contributed by atoms with Crippen LogP contribution in [0.15, 0.2) is 41.8 Å². The normalized spacial score (nSPS) is 25.2. The summed E-state index contributed by atoms with van der Waals surface area (Å²) in [6, 6.07) is 6.47. The van der Waals surface area contributed by atoms with E-state index in [4.69, 9.17) is 4.84 Å². The molecule has 0 aliphatic carbocycles. The van der Waals surface area contributed by atoms with Crippen molar-refractivity contribution in [3.8, 4) is 0 Å². The molecular weight excluding hydrogens is 262 g/mol. The lowest BCUT2D eigenvalue weighted by Gasteiger charge is -2.35. The number of hydrogen-bond acceptors (Lipinski definition) is 3. The second-order valence-corrected chi connectivity index (χ2v) is 6.65. The van der Waals surface area contributed by atoms with Crippen molar-refractivity contribution < 1.29 is 13.3 Å². The van der Waals surface area contributed by atoms with Gasteiger partial charge in [-0.2, -0.15) is 0 Å². The van der Waals surface area contributed by atoms with Crippen molar-refractivity contribution in [2.24, 2.45) is 0 Å². The van der Waals surface area contributed by atoms with Gasteiger partial charge in [-0.05, 0) is 38.8 Å². The molecule has 1 aromatic carbocycles. The van der Waals surface area contributed by atoms with E-state index in [1.165, 1.54) is 0 Å². The van der Waals surface area contributed by atoms with E-state index >= 15 is 0 Å². The van der Waals surface area contributed by atoms with E-state index in [1.807, 2.05) is 13.8 Å². The van der Waals surface area contributed by atoms with Gasteiger partial charge < -0.3 is 0 Å². The van der Waals surface area contributed by atoms with Crippen LogP contribution in [0.25, 0.3) is 0 Å². The van der Waals surface area contributed by atoms with Crippen LogP contribution in [0.3, 0.4) is 0 Å². The predicted octanol–water partition coefficient (Wildman–Crippen LogP) is 2.65. The highest BCUT2D eigenvalue weighted by Crippen LogP contribution is 2.27. The summed E-state index contributed by atoms with van der Waals surface area (Å²) in [6.07, 6.45) is 3.08. The molecule has 0 amide bonds. The molecule has 0 aromatic heterocycles. The molecule has 2 unspecified atom stereocenters. The van der Waals surface area contributed by atoms with Gasteiger partial charge in [0.2, 0.25) is 0 Å². The van der Waals surface area contributed by atoms with Gasteiger partial charge in [-0.15, -0.1) is 6.58 Å². The molecule has 1 aliphatic rings. The summed E-state index contributed by atoms with van der Waals surface area (Å²) >= 11 is 0. The lowest BCUT2D eigenvalue weighted by molar-refractivity contribution is -0.170. The molecule has 0 N–H and O–H groups in total. The van der Waals surface area contributed by atoms with Gasteiger partial charge in [-0.25, -0.2) is 8.42 Å². The second-order valence-electron chi connectivity index (χ2n) is 4.87. The summed E-state index contributed by atoms with van der Waals surface area (Å²) in [6.45, 7) is 7.49. The van der Waals surface area contributed by atoms with Crippen LogP contribution in [0.2, 0.25) is 0 Å². The molecule has 19 heavy (non-hydrogen) atoms. The van der Waals surface area contributed by atoms with Gasteiger partial charge in [-0.3, -0.25) is 4.84 Å². The maximum Gasteiger partial charge on any atom is 0.265 e. The summed E-state index contributed by atoms with van der Waals surface area (Å²) in [5.74, 6) is 0. The number of benzene rings is 1. The van der Waals surface area contributed by atoms with Crippen molar-refractivity contribution in [1.29, 1.82) is 0 Å². The molecule has 5 heteroatoms. The van der Waals surface area contributed by atoms with Crippen LogP contribution in [-0.2, 0) is 14.9 Å². The summed E-state index contributed by atoms with van der Waals surface area (Å²) in [4.78, 5) is 5.76. The van der Waals surface area contributed by atoms with Gasteiger partial charge in [0.1, 0.15) is 0 Å². The Balaban J connectivity index is 2.36. The number of aryl methyl sites for hydroxylation is 1. The van der Waals surface area contributed by atoms with Crippen LogP contribution >= 0.6 is 0 Å². The molecule has 1 aromatic rings. The zero-order valence-electron chi connectivity index (χ0n) is 11.2. The van der Waals surface area contributed by atoms with Gasteiger partial charge in [0.25, 0.3) is 10.0 Å². The van der Waals surface area contributed by atoms with Crippen LogP contribution < -0.4 is 0 Å². The fourth-order valence-electron chi connectivity index (χ4n) is 2.07. The topological polar surface area (TPSA) is 46.6 Å². The van der Waals surface area contributed by atoms with Gasteiger partial charge in [0.15, 0.2) is 0 Å². The molecule has 0 radical (unpaired) electrons. The van der Waals surface area contributed by atoms with Crippen molar-refractivity contribution in [2.45, 2.75) is 43.7 Å². The second kappa shape index (κ2) is 5.45. The van der Waals surface area contributed by atoms with Crippen LogP contribution in [-0.4, -0.2) is 25.0 Å². The Kier molecular flexibility index (Phi) is 4.08. The number of nitrogens with zero attached hydrogens (tertiary/aromatic N) is 1. The third kappa shape index (κ3) is 2.88. The van der Waals surface area contributed by atoms with E-state index in [-0.39, 0.29) is 17.0 Å². The lowest BCUT2D eigenvalue weighted by Crippen LogP contribution is -2.45. The van der Waals surface area contributed by atoms with Gasteiger partial charge in [0.05, 0.1) is 17.0 Å². The van der Waals surface area contributed by atoms with E-state index in [1.54, 1.807) is 30.3 Å². The molecule has 1 heterocycles. The average molecular weight is 281 g/mol. The zero-order chi connectivity index (χ0) is 14.0. The Bertz CT molecular complexity index is 551. The molecule has 1 aliphatic heterocycles. The lowest BCUT2D eigenvalue weighted by atomic mass is 10.1. The Hall–Kier alpha value is -1.17. The van der Waals surface area contributed by atoms with Crippen molar-refractivity contribution >= 4 is 10.0 Å². The number of hydroxylamine groups is 1. The summed E-state index contributed by atoms with van der Waals surface area (Å²) in [5, 5.41) is 0. The van der Waals surface area contributed by atoms with Gasteiger partial charge in [0, 0.05) is 0 Å². The monoisotopic (exact) mass is 281 g/mol. The molecule has 1 fully saturated rings. The summed E-state index contributed by atoms with van der Waals surface area (Å²) < 4.78 is 26.2. The van der Waals surface area contributed by atoms with E-state index in [0.717, 1.165) is 22.9 Å². The van der Waals surface area contributed by atoms with E-state index in [2.05, 4.69) is 6.58 Å². The summed E-state index contributed by atoms with van der Waals surface area (Å²) in [5.41, 5.74) is 1.02. The molecule has 2 rings (SSSR count). The van der Waals surface area contributed by atoms with E-state index < -0.39 is 10.0 Å². The highest BCUT2D eigenvalue weighted by atomic mass is 32.2. The van der Waals surface area contributed by atoms with E-state index in [0.29, 0.717) is 0 Å². The SMILES string of the molecule is C=CC1CCC(C)ON1S(=O)(=O)c1ccc(C)cc1. The first kappa shape index (κ1) is 14.2. The standard InChI is InChI=1S/C14H19NO3S/c1-4-13-8-7-12(3)18-15(13)19(16,17)14-9-5-11(2)6-10-14/h4-6,9-10,12-13H,1,7-8H2,2-3H3. The fourth-order valence-corrected chi connectivity index (χ4v) is 3.57. The minimum absolute atomic E-state index is 0.101. The smallest absolute Gasteiger partial charge is 0.265 e. The highest BCUT2D eigenvalue weighted by molar-refractivity contribution is 7.89.